The molecule has 0 saturated heterocycles. The van der Waals surface area contributed by atoms with Crippen LogP contribution in [0.1, 0.15) is 19.3 Å². The summed E-state index contributed by atoms with van der Waals surface area (Å²) >= 11 is 4.18. The summed E-state index contributed by atoms with van der Waals surface area (Å²) in [6.45, 7) is 0. The predicted octanol–water partition coefficient (Wildman–Crippen LogP) is 1.17. The highest BCUT2D eigenvalue weighted by molar-refractivity contribution is 7.80. The SMILES string of the molecule is O=C(O)[C@@H]1CC[C@H](S)C1. The van der Waals surface area contributed by atoms with Gasteiger partial charge in [0.15, 0.2) is 0 Å². The molecule has 0 bridgehead atoms. The summed E-state index contributed by atoms with van der Waals surface area (Å²) in [7, 11) is 0. The lowest BCUT2D eigenvalue weighted by Gasteiger charge is -1.99. The van der Waals surface area contributed by atoms with Crippen molar-refractivity contribution in [1.82, 2.24) is 0 Å². The van der Waals surface area contributed by atoms with Gasteiger partial charge in [0.2, 0.25) is 0 Å². The molecule has 0 aliphatic heterocycles. The fourth-order valence-corrected chi connectivity index (χ4v) is 1.59. The Kier molecular flexibility index (Phi) is 2.01. The Morgan fingerprint density at radius 3 is 2.44 bits per heavy atom. The highest BCUT2D eigenvalue weighted by Crippen LogP contribution is 2.28. The van der Waals surface area contributed by atoms with Crippen LogP contribution in [0.2, 0.25) is 0 Å². The minimum Gasteiger partial charge on any atom is -0.481 e. The molecule has 3 heteroatoms. The van der Waals surface area contributed by atoms with E-state index in [4.69, 9.17) is 5.11 Å². The summed E-state index contributed by atoms with van der Waals surface area (Å²) in [5, 5.41) is 8.82. The molecule has 0 unspecified atom stereocenters. The van der Waals surface area contributed by atoms with Gasteiger partial charge in [-0.2, -0.15) is 12.6 Å². The van der Waals surface area contributed by atoms with Gasteiger partial charge in [0.25, 0.3) is 0 Å². The smallest absolute Gasteiger partial charge is 0.306 e. The van der Waals surface area contributed by atoms with Crippen LogP contribution >= 0.6 is 12.6 Å². The minimum atomic E-state index is -0.661. The molecule has 0 spiro atoms. The summed E-state index contributed by atoms with van der Waals surface area (Å²) < 4.78 is 0. The van der Waals surface area contributed by atoms with Crippen molar-refractivity contribution in [3.63, 3.8) is 0 Å². The monoisotopic (exact) mass is 146 g/mol. The van der Waals surface area contributed by atoms with Gasteiger partial charge in [-0.15, -0.1) is 0 Å². The zero-order valence-corrected chi connectivity index (χ0v) is 5.97. The molecular weight excluding hydrogens is 136 g/mol. The van der Waals surface area contributed by atoms with Crippen LogP contribution < -0.4 is 0 Å². The van der Waals surface area contributed by atoms with Crippen LogP contribution in [-0.4, -0.2) is 16.3 Å². The Morgan fingerprint density at radius 2 is 2.22 bits per heavy atom. The fraction of sp³-hybridized carbons (Fsp3) is 0.833. The third-order valence-corrected chi connectivity index (χ3v) is 2.22. The zero-order valence-electron chi connectivity index (χ0n) is 5.08. The number of aliphatic carboxylic acids is 1. The topological polar surface area (TPSA) is 37.3 Å². The van der Waals surface area contributed by atoms with E-state index in [1.807, 2.05) is 0 Å². The average molecular weight is 146 g/mol. The lowest BCUT2D eigenvalue weighted by Crippen LogP contribution is -2.09. The number of hydrogen-bond acceptors (Lipinski definition) is 2. The first-order valence-corrected chi connectivity index (χ1v) is 3.62. The molecule has 9 heavy (non-hydrogen) atoms. The van der Waals surface area contributed by atoms with Crippen molar-refractivity contribution < 1.29 is 9.90 Å². The zero-order chi connectivity index (χ0) is 6.85. The number of hydrogen-bond donors (Lipinski definition) is 2. The van der Waals surface area contributed by atoms with Gasteiger partial charge in [-0.25, -0.2) is 0 Å². The third kappa shape index (κ3) is 1.61. The Hall–Kier alpha value is -0.180. The summed E-state index contributed by atoms with van der Waals surface area (Å²) in [6, 6.07) is 0. The molecule has 2 atom stereocenters. The first kappa shape index (κ1) is 6.93. The molecule has 1 fully saturated rings. The predicted molar refractivity (Wildman–Crippen MR) is 37.8 cm³/mol. The van der Waals surface area contributed by atoms with Crippen LogP contribution in [0.15, 0.2) is 0 Å². The van der Waals surface area contributed by atoms with Crippen molar-refractivity contribution >= 4 is 18.6 Å². The highest BCUT2D eigenvalue weighted by atomic mass is 32.1. The van der Waals surface area contributed by atoms with E-state index in [1.54, 1.807) is 0 Å². The second-order valence-corrected chi connectivity index (χ2v) is 3.23. The molecule has 1 aliphatic carbocycles. The van der Waals surface area contributed by atoms with Crippen molar-refractivity contribution in [2.45, 2.75) is 24.5 Å². The van der Waals surface area contributed by atoms with Gasteiger partial charge in [-0.1, -0.05) is 0 Å². The summed E-state index contributed by atoms with van der Waals surface area (Å²) in [5.74, 6) is -0.779. The average Bonchev–Trinajstić information content (AvgIpc) is 2.14. The first-order valence-electron chi connectivity index (χ1n) is 3.11. The molecule has 0 aromatic heterocycles. The second-order valence-electron chi connectivity index (χ2n) is 2.50. The van der Waals surface area contributed by atoms with Gasteiger partial charge < -0.3 is 5.11 Å². The third-order valence-electron chi connectivity index (χ3n) is 1.75. The second kappa shape index (κ2) is 2.60. The van der Waals surface area contributed by atoms with Gasteiger partial charge >= 0.3 is 5.97 Å². The quantitative estimate of drug-likeness (QED) is 0.545. The number of carbonyl (C=O) groups is 1. The number of thiol groups is 1. The molecule has 0 aromatic rings. The fourth-order valence-electron chi connectivity index (χ4n) is 1.18. The summed E-state index contributed by atoms with van der Waals surface area (Å²) in [6.07, 6.45) is 2.52. The van der Waals surface area contributed by atoms with Crippen molar-refractivity contribution in [2.75, 3.05) is 0 Å². The molecule has 0 radical (unpaired) electrons. The van der Waals surface area contributed by atoms with Crippen LogP contribution in [-0.2, 0) is 4.79 Å². The largest absolute Gasteiger partial charge is 0.481 e. The lowest BCUT2D eigenvalue weighted by atomic mass is 10.1. The van der Waals surface area contributed by atoms with Crippen molar-refractivity contribution in [3.8, 4) is 0 Å². The Morgan fingerprint density at radius 1 is 1.56 bits per heavy atom. The first-order chi connectivity index (χ1) is 4.20. The van der Waals surface area contributed by atoms with E-state index in [2.05, 4.69) is 12.6 Å². The van der Waals surface area contributed by atoms with E-state index in [9.17, 15) is 4.79 Å². The minimum absolute atomic E-state index is 0.118. The standard InChI is InChI=1S/C6H10O2S/c7-6(8)4-1-2-5(9)3-4/h4-5,9H,1-3H2,(H,7,8)/t4-,5+/m1/s1. The van der Waals surface area contributed by atoms with Crippen molar-refractivity contribution in [3.05, 3.63) is 0 Å². The van der Waals surface area contributed by atoms with E-state index < -0.39 is 5.97 Å². The molecule has 2 nitrogen and oxygen atoms in total. The molecule has 0 amide bonds. The molecule has 0 heterocycles. The number of carboxylic acids is 1. The highest BCUT2D eigenvalue weighted by Gasteiger charge is 2.27. The van der Waals surface area contributed by atoms with E-state index in [0.717, 1.165) is 19.3 Å². The molecule has 52 valence electrons. The van der Waals surface area contributed by atoms with Crippen molar-refractivity contribution in [1.29, 1.82) is 0 Å². The van der Waals surface area contributed by atoms with Gasteiger partial charge in [0, 0.05) is 5.25 Å². The Labute approximate surface area is 59.7 Å². The molecule has 0 aromatic carbocycles. The van der Waals surface area contributed by atoms with Crippen LogP contribution in [0.5, 0.6) is 0 Å². The Balaban J connectivity index is 2.39. The van der Waals surface area contributed by atoms with E-state index in [1.165, 1.54) is 0 Å². The maximum atomic E-state index is 10.3. The van der Waals surface area contributed by atoms with Gasteiger partial charge in [0.1, 0.15) is 0 Å². The van der Waals surface area contributed by atoms with Gasteiger partial charge in [-0.05, 0) is 19.3 Å². The molecule has 1 N–H and O–H groups in total. The van der Waals surface area contributed by atoms with Gasteiger partial charge in [-0.3, -0.25) is 4.79 Å². The maximum Gasteiger partial charge on any atom is 0.306 e. The number of carboxylic acid groups (broad SMARTS) is 1. The number of rotatable bonds is 1. The molecule has 1 aliphatic rings. The molecule has 1 rings (SSSR count). The van der Waals surface area contributed by atoms with Gasteiger partial charge in [0.05, 0.1) is 5.92 Å². The summed E-state index contributed by atoms with van der Waals surface area (Å²) in [4.78, 5) is 10.3. The molecule has 1 saturated carbocycles. The normalized spacial score (nSPS) is 34.8. The van der Waals surface area contributed by atoms with Crippen LogP contribution in [0.3, 0.4) is 0 Å². The van der Waals surface area contributed by atoms with Crippen molar-refractivity contribution in [2.24, 2.45) is 5.92 Å². The van der Waals surface area contributed by atoms with E-state index in [0.29, 0.717) is 5.25 Å². The lowest BCUT2D eigenvalue weighted by molar-refractivity contribution is -0.141. The molecular formula is C6H10O2S. The summed E-state index contributed by atoms with van der Waals surface area (Å²) in [5.41, 5.74) is 0. The van der Waals surface area contributed by atoms with E-state index in [-0.39, 0.29) is 5.92 Å². The van der Waals surface area contributed by atoms with E-state index >= 15 is 0 Å². The Bertz CT molecular complexity index is 124. The maximum absolute atomic E-state index is 10.3. The van der Waals surface area contributed by atoms with Crippen LogP contribution in [0.4, 0.5) is 0 Å². The van der Waals surface area contributed by atoms with Crippen LogP contribution in [0, 0.1) is 5.92 Å². The van der Waals surface area contributed by atoms with Crippen LogP contribution in [0.25, 0.3) is 0 Å².